The minimum Gasteiger partial charge on any atom is -0.460 e. The predicted molar refractivity (Wildman–Crippen MR) is 129 cm³/mol. The van der Waals surface area contributed by atoms with E-state index in [9.17, 15) is 19.5 Å². The topological polar surface area (TPSA) is 108 Å². The van der Waals surface area contributed by atoms with Crippen LogP contribution in [0.4, 0.5) is 11.4 Å². The fourth-order valence-corrected chi connectivity index (χ4v) is 4.17. The van der Waals surface area contributed by atoms with Gasteiger partial charge in [-0.2, -0.15) is 0 Å². The van der Waals surface area contributed by atoms with Crippen molar-refractivity contribution in [1.29, 1.82) is 0 Å². The SMILES string of the molecule is CC.CC(C)(C)OC(=O)CC1(O)CCN(c2ccc(NC3CCC(=O)NC3=O)cc2Cl)CC1. The predicted octanol–water partition coefficient (Wildman–Crippen LogP) is 3.65. The summed E-state index contributed by atoms with van der Waals surface area (Å²) in [5, 5.41) is 16.8. The van der Waals surface area contributed by atoms with Gasteiger partial charge >= 0.3 is 5.97 Å². The molecule has 2 fully saturated rings. The fraction of sp³-hybridized carbons (Fsp3) is 0.625. The Morgan fingerprint density at radius 3 is 2.45 bits per heavy atom. The number of halogens is 1. The highest BCUT2D eigenvalue weighted by Gasteiger charge is 2.36. The van der Waals surface area contributed by atoms with Gasteiger partial charge in [0.15, 0.2) is 0 Å². The molecule has 3 N–H and O–H groups in total. The van der Waals surface area contributed by atoms with Crippen molar-refractivity contribution in [2.45, 2.75) is 84.0 Å². The summed E-state index contributed by atoms with van der Waals surface area (Å²) < 4.78 is 5.34. The van der Waals surface area contributed by atoms with Crippen molar-refractivity contribution < 1.29 is 24.2 Å². The van der Waals surface area contributed by atoms with Crippen LogP contribution < -0.4 is 15.5 Å². The number of ether oxygens (including phenoxy) is 1. The summed E-state index contributed by atoms with van der Waals surface area (Å²) in [6, 6.07) is 4.99. The number of esters is 1. The molecule has 0 spiro atoms. The lowest BCUT2D eigenvalue weighted by molar-refractivity contribution is -0.161. The third kappa shape index (κ3) is 7.89. The van der Waals surface area contributed by atoms with Crippen molar-refractivity contribution in [1.82, 2.24) is 5.32 Å². The van der Waals surface area contributed by atoms with Gasteiger partial charge in [-0.05, 0) is 58.2 Å². The zero-order valence-corrected chi connectivity index (χ0v) is 20.9. The Morgan fingerprint density at radius 1 is 1.27 bits per heavy atom. The molecule has 1 atom stereocenters. The fourth-order valence-electron chi connectivity index (χ4n) is 3.87. The number of nitrogens with zero attached hydrogens (tertiary/aromatic N) is 1. The molecule has 2 aliphatic rings. The van der Waals surface area contributed by atoms with Crippen molar-refractivity contribution in [3.63, 3.8) is 0 Å². The number of hydrogen-bond acceptors (Lipinski definition) is 7. The van der Waals surface area contributed by atoms with Crippen LogP contribution in [0.5, 0.6) is 0 Å². The molecule has 3 rings (SSSR count). The summed E-state index contributed by atoms with van der Waals surface area (Å²) in [6.45, 7) is 10.5. The van der Waals surface area contributed by atoms with Gasteiger partial charge in [-0.15, -0.1) is 0 Å². The third-order valence-corrected chi connectivity index (χ3v) is 5.76. The van der Waals surface area contributed by atoms with Gasteiger partial charge in [-0.25, -0.2) is 0 Å². The highest BCUT2D eigenvalue weighted by atomic mass is 35.5. The normalized spacial score (nSPS) is 20.3. The molecule has 0 saturated carbocycles. The number of carbonyl (C=O) groups is 3. The molecule has 2 saturated heterocycles. The van der Waals surface area contributed by atoms with Crippen LogP contribution >= 0.6 is 11.6 Å². The molecule has 184 valence electrons. The molecule has 1 aromatic carbocycles. The molecule has 1 aromatic rings. The van der Waals surface area contributed by atoms with E-state index in [2.05, 4.69) is 15.5 Å². The van der Waals surface area contributed by atoms with Crippen LogP contribution in [-0.4, -0.2) is 53.2 Å². The lowest BCUT2D eigenvalue weighted by Gasteiger charge is -2.39. The van der Waals surface area contributed by atoms with E-state index in [-0.39, 0.29) is 18.2 Å². The second kappa shape index (κ2) is 11.2. The number of piperidine rings is 2. The Bertz CT molecular complexity index is 860. The van der Waals surface area contributed by atoms with Crippen LogP contribution in [-0.2, 0) is 19.1 Å². The first-order valence-corrected chi connectivity index (χ1v) is 11.9. The van der Waals surface area contributed by atoms with Crippen molar-refractivity contribution in [3.05, 3.63) is 23.2 Å². The van der Waals surface area contributed by atoms with E-state index in [1.54, 1.807) is 26.8 Å². The van der Waals surface area contributed by atoms with Crippen molar-refractivity contribution >= 4 is 40.8 Å². The zero-order chi connectivity index (χ0) is 24.8. The highest BCUT2D eigenvalue weighted by Crippen LogP contribution is 2.34. The first-order valence-electron chi connectivity index (χ1n) is 11.5. The lowest BCUT2D eigenvalue weighted by Crippen LogP contribution is -2.47. The van der Waals surface area contributed by atoms with E-state index in [1.807, 2.05) is 26.0 Å². The molecule has 2 amide bonds. The summed E-state index contributed by atoms with van der Waals surface area (Å²) in [7, 11) is 0. The van der Waals surface area contributed by atoms with Crippen LogP contribution in [0.1, 0.15) is 66.7 Å². The average Bonchev–Trinajstić information content (AvgIpc) is 2.71. The summed E-state index contributed by atoms with van der Waals surface area (Å²) in [5.74, 6) is -0.990. The van der Waals surface area contributed by atoms with Gasteiger partial charge in [0.2, 0.25) is 11.8 Å². The Hall–Kier alpha value is -2.32. The summed E-state index contributed by atoms with van der Waals surface area (Å²) >= 11 is 6.50. The van der Waals surface area contributed by atoms with Gasteiger partial charge < -0.3 is 20.1 Å². The van der Waals surface area contributed by atoms with E-state index in [0.29, 0.717) is 49.5 Å². The van der Waals surface area contributed by atoms with Crippen LogP contribution in [0.2, 0.25) is 5.02 Å². The summed E-state index contributed by atoms with van der Waals surface area (Å²) in [6.07, 6.45) is 1.57. The number of aliphatic hydroxyl groups is 1. The number of nitrogens with one attached hydrogen (secondary N) is 2. The molecular formula is C24H36ClN3O5. The van der Waals surface area contributed by atoms with E-state index >= 15 is 0 Å². The molecule has 2 heterocycles. The number of carbonyl (C=O) groups excluding carboxylic acids is 3. The largest absolute Gasteiger partial charge is 0.460 e. The number of hydrogen-bond donors (Lipinski definition) is 3. The average molecular weight is 482 g/mol. The Morgan fingerprint density at radius 2 is 1.91 bits per heavy atom. The first-order chi connectivity index (χ1) is 15.4. The van der Waals surface area contributed by atoms with Gasteiger partial charge in [0.1, 0.15) is 11.6 Å². The Labute approximate surface area is 201 Å². The Balaban J connectivity index is 0.00000187. The summed E-state index contributed by atoms with van der Waals surface area (Å²) in [4.78, 5) is 37.4. The monoisotopic (exact) mass is 481 g/mol. The molecule has 2 aliphatic heterocycles. The molecular weight excluding hydrogens is 446 g/mol. The number of imide groups is 1. The molecule has 0 bridgehead atoms. The molecule has 0 radical (unpaired) electrons. The van der Waals surface area contributed by atoms with E-state index in [1.165, 1.54) is 0 Å². The molecule has 0 aliphatic carbocycles. The molecule has 33 heavy (non-hydrogen) atoms. The van der Waals surface area contributed by atoms with E-state index < -0.39 is 23.2 Å². The second-order valence-corrected chi connectivity index (χ2v) is 9.70. The van der Waals surface area contributed by atoms with E-state index in [0.717, 1.165) is 5.69 Å². The first kappa shape index (κ1) is 26.9. The van der Waals surface area contributed by atoms with Gasteiger partial charge in [0.05, 0.1) is 22.7 Å². The smallest absolute Gasteiger partial charge is 0.309 e. The van der Waals surface area contributed by atoms with Crippen LogP contribution in [0, 0.1) is 0 Å². The lowest BCUT2D eigenvalue weighted by atomic mass is 9.88. The van der Waals surface area contributed by atoms with Gasteiger partial charge in [-0.1, -0.05) is 25.4 Å². The molecule has 1 unspecified atom stereocenters. The molecule has 9 heteroatoms. The standard InChI is InChI=1S/C22H30ClN3O5.C2H6/c1-21(2,3)31-19(28)13-22(30)8-10-26(11-9-22)17-6-4-14(12-15(17)23)24-16-5-7-18(27)25-20(16)29;1-2/h4,6,12,16,24,30H,5,7-11,13H2,1-3H3,(H,25,27,29);1-2H3. The minimum absolute atomic E-state index is 0.0271. The van der Waals surface area contributed by atoms with Crippen molar-refractivity contribution in [3.8, 4) is 0 Å². The second-order valence-electron chi connectivity index (χ2n) is 9.29. The van der Waals surface area contributed by atoms with Gasteiger partial charge in [-0.3, -0.25) is 19.7 Å². The zero-order valence-electron chi connectivity index (χ0n) is 20.2. The van der Waals surface area contributed by atoms with Crippen molar-refractivity contribution in [2.24, 2.45) is 0 Å². The number of amides is 2. The number of anilines is 2. The number of rotatable bonds is 5. The maximum Gasteiger partial charge on any atom is 0.309 e. The van der Waals surface area contributed by atoms with Crippen molar-refractivity contribution in [2.75, 3.05) is 23.3 Å². The molecule has 8 nitrogen and oxygen atoms in total. The number of benzene rings is 1. The quantitative estimate of drug-likeness (QED) is 0.435. The van der Waals surface area contributed by atoms with Crippen LogP contribution in [0.15, 0.2) is 18.2 Å². The molecule has 0 aromatic heterocycles. The summed E-state index contributed by atoms with van der Waals surface area (Å²) in [5.41, 5.74) is -0.138. The maximum atomic E-state index is 12.1. The van der Waals surface area contributed by atoms with Gasteiger partial charge in [0.25, 0.3) is 0 Å². The van der Waals surface area contributed by atoms with Crippen LogP contribution in [0.3, 0.4) is 0 Å². The third-order valence-electron chi connectivity index (χ3n) is 5.46. The van der Waals surface area contributed by atoms with E-state index in [4.69, 9.17) is 16.3 Å². The maximum absolute atomic E-state index is 12.1. The highest BCUT2D eigenvalue weighted by molar-refractivity contribution is 6.33. The minimum atomic E-state index is -1.08. The van der Waals surface area contributed by atoms with Crippen LogP contribution in [0.25, 0.3) is 0 Å². The van der Waals surface area contributed by atoms with Gasteiger partial charge in [0, 0.05) is 25.2 Å². The Kier molecular flexibility index (Phi) is 9.14.